The molecule has 0 radical (unpaired) electrons. The molecule has 1 atom stereocenters. The standard InChI is InChI=1S/C20H36N4O2/c1-24(2)18(25)15-22-19(21-14-16-7-4-3-5-8-16)23-17-9-12-26-20(13-17)10-6-11-20/h16-17H,3-15H2,1-2H3,(H2,21,22,23). The maximum absolute atomic E-state index is 11.9. The first-order valence-corrected chi connectivity index (χ1v) is 10.5. The van der Waals surface area contributed by atoms with Crippen molar-refractivity contribution in [2.24, 2.45) is 10.9 Å². The molecular weight excluding hydrogens is 328 g/mol. The fourth-order valence-corrected chi connectivity index (χ4v) is 4.34. The van der Waals surface area contributed by atoms with Gasteiger partial charge in [-0.1, -0.05) is 19.3 Å². The monoisotopic (exact) mass is 364 g/mol. The SMILES string of the molecule is CN(C)C(=O)CN=C(NCC1CCCCC1)NC1CCOC2(CCC2)C1. The second kappa shape index (κ2) is 9.07. The Hall–Kier alpha value is -1.30. The summed E-state index contributed by atoms with van der Waals surface area (Å²) in [5.41, 5.74) is 0.115. The number of nitrogens with one attached hydrogen (secondary N) is 2. The largest absolute Gasteiger partial charge is 0.375 e. The van der Waals surface area contributed by atoms with Gasteiger partial charge in [0.1, 0.15) is 6.54 Å². The van der Waals surface area contributed by atoms with Gasteiger partial charge in [-0.2, -0.15) is 0 Å². The maximum Gasteiger partial charge on any atom is 0.243 e. The van der Waals surface area contributed by atoms with Crippen molar-refractivity contribution in [3.63, 3.8) is 0 Å². The van der Waals surface area contributed by atoms with Gasteiger partial charge < -0.3 is 20.3 Å². The van der Waals surface area contributed by atoms with Gasteiger partial charge >= 0.3 is 0 Å². The minimum atomic E-state index is 0.0335. The molecule has 1 spiro atoms. The third kappa shape index (κ3) is 5.35. The van der Waals surface area contributed by atoms with E-state index in [1.165, 1.54) is 51.4 Å². The fraction of sp³-hybridized carbons (Fsp3) is 0.900. The molecule has 1 saturated heterocycles. The van der Waals surface area contributed by atoms with E-state index in [2.05, 4.69) is 15.6 Å². The Morgan fingerprint density at radius 1 is 1.15 bits per heavy atom. The minimum absolute atomic E-state index is 0.0335. The Labute approximate surface area is 158 Å². The molecule has 2 aliphatic carbocycles. The number of amides is 1. The number of hydrogen-bond acceptors (Lipinski definition) is 3. The quantitative estimate of drug-likeness (QED) is 0.580. The second-order valence-electron chi connectivity index (χ2n) is 8.56. The van der Waals surface area contributed by atoms with Crippen LogP contribution in [0.2, 0.25) is 0 Å². The molecule has 0 aromatic rings. The number of likely N-dealkylation sites (N-methyl/N-ethyl adjacent to an activating group) is 1. The topological polar surface area (TPSA) is 66.0 Å². The Balaban J connectivity index is 1.55. The molecule has 0 bridgehead atoms. The van der Waals surface area contributed by atoms with Crippen LogP contribution in [-0.2, 0) is 9.53 Å². The molecule has 26 heavy (non-hydrogen) atoms. The van der Waals surface area contributed by atoms with Gasteiger partial charge in [0.2, 0.25) is 5.91 Å². The number of hydrogen-bond donors (Lipinski definition) is 2. The number of ether oxygens (including phenoxy) is 1. The number of guanidine groups is 1. The number of nitrogens with zero attached hydrogens (tertiary/aromatic N) is 2. The third-order valence-electron chi connectivity index (χ3n) is 6.25. The van der Waals surface area contributed by atoms with E-state index in [1.807, 2.05) is 0 Å². The van der Waals surface area contributed by atoms with Crippen molar-refractivity contribution in [3.05, 3.63) is 0 Å². The summed E-state index contributed by atoms with van der Waals surface area (Å²) < 4.78 is 6.04. The Kier molecular flexibility index (Phi) is 6.79. The maximum atomic E-state index is 11.9. The molecule has 3 fully saturated rings. The van der Waals surface area contributed by atoms with Gasteiger partial charge in [-0.25, -0.2) is 4.99 Å². The zero-order valence-corrected chi connectivity index (χ0v) is 16.6. The molecule has 1 aliphatic heterocycles. The molecule has 2 N–H and O–H groups in total. The summed E-state index contributed by atoms with van der Waals surface area (Å²) in [5, 5.41) is 7.12. The molecule has 2 saturated carbocycles. The van der Waals surface area contributed by atoms with E-state index >= 15 is 0 Å². The molecule has 0 aromatic carbocycles. The molecule has 6 nitrogen and oxygen atoms in total. The van der Waals surface area contributed by atoms with Crippen molar-refractivity contribution < 1.29 is 9.53 Å². The van der Waals surface area contributed by atoms with Crippen LogP contribution in [0.25, 0.3) is 0 Å². The molecule has 1 unspecified atom stereocenters. The molecule has 6 heteroatoms. The third-order valence-corrected chi connectivity index (χ3v) is 6.25. The van der Waals surface area contributed by atoms with Gasteiger partial charge in [-0.3, -0.25) is 4.79 Å². The summed E-state index contributed by atoms with van der Waals surface area (Å²) in [4.78, 5) is 18.1. The van der Waals surface area contributed by atoms with E-state index in [9.17, 15) is 4.79 Å². The minimum Gasteiger partial charge on any atom is -0.375 e. The average Bonchev–Trinajstić information content (AvgIpc) is 2.63. The lowest BCUT2D eigenvalue weighted by Crippen LogP contribution is -2.54. The van der Waals surface area contributed by atoms with Crippen LogP contribution in [0, 0.1) is 5.92 Å². The van der Waals surface area contributed by atoms with Crippen LogP contribution in [0.4, 0.5) is 0 Å². The highest BCUT2D eigenvalue weighted by Crippen LogP contribution is 2.42. The lowest BCUT2D eigenvalue weighted by atomic mass is 9.74. The molecule has 1 heterocycles. The highest BCUT2D eigenvalue weighted by atomic mass is 16.5. The summed E-state index contributed by atoms with van der Waals surface area (Å²) >= 11 is 0. The van der Waals surface area contributed by atoms with Gasteiger partial charge in [0.15, 0.2) is 5.96 Å². The van der Waals surface area contributed by atoms with E-state index in [4.69, 9.17) is 4.74 Å². The Morgan fingerprint density at radius 3 is 2.58 bits per heavy atom. The Morgan fingerprint density at radius 2 is 1.92 bits per heavy atom. The van der Waals surface area contributed by atoms with E-state index in [1.54, 1.807) is 19.0 Å². The second-order valence-corrected chi connectivity index (χ2v) is 8.56. The molecule has 3 aliphatic rings. The summed E-state index contributed by atoms with van der Waals surface area (Å²) in [6.07, 6.45) is 12.4. The fourth-order valence-electron chi connectivity index (χ4n) is 4.34. The molecular formula is C20H36N4O2. The average molecular weight is 365 g/mol. The van der Waals surface area contributed by atoms with E-state index < -0.39 is 0 Å². The normalized spacial score (nSPS) is 26.2. The summed E-state index contributed by atoms with van der Waals surface area (Å²) in [6, 6.07) is 0.385. The molecule has 1 amide bonds. The predicted molar refractivity (Wildman–Crippen MR) is 104 cm³/mol. The van der Waals surface area contributed by atoms with Crippen molar-refractivity contribution in [2.45, 2.75) is 75.9 Å². The zero-order valence-electron chi connectivity index (χ0n) is 16.6. The Bertz CT molecular complexity index is 496. The van der Waals surface area contributed by atoms with E-state index in [0.717, 1.165) is 37.9 Å². The lowest BCUT2D eigenvalue weighted by Gasteiger charge is -2.47. The highest BCUT2D eigenvalue weighted by Gasteiger charge is 2.42. The van der Waals surface area contributed by atoms with Gasteiger partial charge in [0.25, 0.3) is 0 Å². The number of aliphatic imine (C=N–C) groups is 1. The van der Waals surface area contributed by atoms with Crippen molar-refractivity contribution in [3.8, 4) is 0 Å². The molecule has 0 aromatic heterocycles. The van der Waals surface area contributed by atoms with Gasteiger partial charge in [0, 0.05) is 33.3 Å². The summed E-state index contributed by atoms with van der Waals surface area (Å²) in [7, 11) is 3.55. The lowest BCUT2D eigenvalue weighted by molar-refractivity contribution is -0.134. The zero-order chi connectivity index (χ0) is 18.4. The molecule has 148 valence electrons. The van der Waals surface area contributed by atoms with E-state index in [-0.39, 0.29) is 18.1 Å². The first-order valence-electron chi connectivity index (χ1n) is 10.5. The first kappa shape index (κ1) is 19.5. The van der Waals surface area contributed by atoms with Gasteiger partial charge in [0.05, 0.1) is 5.60 Å². The highest BCUT2D eigenvalue weighted by molar-refractivity contribution is 5.84. The summed E-state index contributed by atoms with van der Waals surface area (Å²) in [6.45, 7) is 1.97. The van der Waals surface area contributed by atoms with Crippen molar-refractivity contribution in [1.29, 1.82) is 0 Å². The summed E-state index contributed by atoms with van der Waals surface area (Å²) in [5.74, 6) is 1.56. The number of carbonyl (C=O) groups excluding carboxylic acids is 1. The van der Waals surface area contributed by atoms with E-state index in [0.29, 0.717) is 6.04 Å². The van der Waals surface area contributed by atoms with Crippen LogP contribution >= 0.6 is 0 Å². The van der Waals surface area contributed by atoms with Gasteiger partial charge in [-0.15, -0.1) is 0 Å². The smallest absolute Gasteiger partial charge is 0.243 e. The van der Waals surface area contributed by atoms with Crippen LogP contribution in [0.1, 0.15) is 64.2 Å². The molecule has 3 rings (SSSR count). The van der Waals surface area contributed by atoms with Crippen LogP contribution in [-0.4, -0.2) is 62.2 Å². The van der Waals surface area contributed by atoms with Crippen LogP contribution in [0.5, 0.6) is 0 Å². The number of carbonyl (C=O) groups is 1. The van der Waals surface area contributed by atoms with Crippen LogP contribution in [0.15, 0.2) is 4.99 Å². The predicted octanol–water partition coefficient (Wildman–Crippen LogP) is 2.29. The van der Waals surface area contributed by atoms with Crippen LogP contribution < -0.4 is 10.6 Å². The van der Waals surface area contributed by atoms with Gasteiger partial charge in [-0.05, 0) is 50.9 Å². The van der Waals surface area contributed by atoms with Crippen molar-refractivity contribution >= 4 is 11.9 Å². The van der Waals surface area contributed by atoms with Crippen molar-refractivity contribution in [1.82, 2.24) is 15.5 Å². The van der Waals surface area contributed by atoms with Crippen molar-refractivity contribution in [2.75, 3.05) is 33.8 Å². The number of rotatable bonds is 5. The van der Waals surface area contributed by atoms with Crippen LogP contribution in [0.3, 0.4) is 0 Å². The first-order chi connectivity index (χ1) is 12.6.